The zero-order chi connectivity index (χ0) is 29.0. The molecule has 0 radical (unpaired) electrons. The van der Waals surface area contributed by atoms with Crippen molar-refractivity contribution in [1.29, 1.82) is 0 Å². The molecule has 1 aromatic heterocycles. The molecular weight excluding hydrogens is 553 g/mol. The second-order valence-corrected chi connectivity index (χ2v) is 12.6. The number of sulfonamides is 1. The number of nitrogens with zero attached hydrogens (tertiary/aromatic N) is 3. The summed E-state index contributed by atoms with van der Waals surface area (Å²) in [4.78, 5) is 8.81. The van der Waals surface area contributed by atoms with Crippen LogP contribution < -0.4 is 14.4 Å². The van der Waals surface area contributed by atoms with E-state index in [2.05, 4.69) is 50.7 Å². The lowest BCUT2D eigenvalue weighted by Crippen LogP contribution is -2.44. The summed E-state index contributed by atoms with van der Waals surface area (Å²) in [6.07, 6.45) is -0.0669. The van der Waals surface area contributed by atoms with Crippen molar-refractivity contribution < 1.29 is 26.3 Å². The highest BCUT2D eigenvalue weighted by Gasteiger charge is 2.30. The first-order valence-corrected chi connectivity index (χ1v) is 15.4. The van der Waals surface area contributed by atoms with Crippen LogP contribution in [0.25, 0.3) is 0 Å². The summed E-state index contributed by atoms with van der Waals surface area (Å²) in [7, 11) is -3.75. The Balaban J connectivity index is 1.07. The second-order valence-electron chi connectivity index (χ2n) is 10.8. The number of aromatic nitrogens is 1. The van der Waals surface area contributed by atoms with Gasteiger partial charge in [0.25, 0.3) is 0 Å². The van der Waals surface area contributed by atoms with Gasteiger partial charge < -0.3 is 9.64 Å². The van der Waals surface area contributed by atoms with Crippen molar-refractivity contribution in [2.24, 2.45) is 0 Å². The molecule has 0 atom stereocenters. The standard InChI is InChI=1S/C30H35F3N4O3S/c1-22-2-8-26(9-3-22)37-18-14-27(15-19-37)40-29-11-10-28(20-34-29)41(38,39)35-25-12-16-36(17-13-25)21-23-4-6-24(7-5-23)30(31,32)33/h2-11,20,25,27,35H,12-19,21H2,1H3. The summed E-state index contributed by atoms with van der Waals surface area (Å²) in [5.74, 6) is 0.411. The molecule has 7 nitrogen and oxygen atoms in total. The number of hydrogen-bond acceptors (Lipinski definition) is 6. The number of piperidine rings is 2. The number of ether oxygens (including phenoxy) is 1. The monoisotopic (exact) mass is 588 g/mol. The lowest BCUT2D eigenvalue weighted by molar-refractivity contribution is -0.137. The van der Waals surface area contributed by atoms with Gasteiger partial charge in [-0.15, -0.1) is 0 Å². The van der Waals surface area contributed by atoms with Crippen molar-refractivity contribution in [3.05, 3.63) is 83.6 Å². The predicted molar refractivity (Wildman–Crippen MR) is 151 cm³/mol. The maximum absolute atomic E-state index is 13.0. The average molecular weight is 589 g/mol. The van der Waals surface area contributed by atoms with Gasteiger partial charge in [0.2, 0.25) is 15.9 Å². The van der Waals surface area contributed by atoms with Crippen molar-refractivity contribution in [2.45, 2.75) is 62.4 Å². The Morgan fingerprint density at radius 3 is 2.15 bits per heavy atom. The molecule has 3 heterocycles. The van der Waals surface area contributed by atoms with Crippen LogP contribution >= 0.6 is 0 Å². The molecule has 11 heteroatoms. The quantitative estimate of drug-likeness (QED) is 0.380. The van der Waals surface area contributed by atoms with Gasteiger partial charge in [-0.25, -0.2) is 18.1 Å². The molecule has 0 aliphatic carbocycles. The predicted octanol–water partition coefficient (Wildman–Crippen LogP) is 5.40. The van der Waals surface area contributed by atoms with Crippen molar-refractivity contribution in [3.63, 3.8) is 0 Å². The topological polar surface area (TPSA) is 74.8 Å². The molecular formula is C30H35F3N4O3S. The molecule has 2 aliphatic rings. The summed E-state index contributed by atoms with van der Waals surface area (Å²) < 4.78 is 73.1. The number of likely N-dealkylation sites (tertiary alicyclic amines) is 1. The van der Waals surface area contributed by atoms with Crippen molar-refractivity contribution in [2.75, 3.05) is 31.1 Å². The molecule has 5 rings (SSSR count). The minimum absolute atomic E-state index is 0.0255. The van der Waals surface area contributed by atoms with E-state index in [0.29, 0.717) is 38.4 Å². The number of benzene rings is 2. The molecule has 0 saturated carbocycles. The molecule has 0 unspecified atom stereocenters. The molecule has 2 aromatic carbocycles. The van der Waals surface area contributed by atoms with Gasteiger partial charge in [-0.3, -0.25) is 4.90 Å². The number of anilines is 1. The number of pyridine rings is 1. The summed E-state index contributed by atoms with van der Waals surface area (Å²) in [5, 5.41) is 0. The van der Waals surface area contributed by atoms with Gasteiger partial charge in [-0.1, -0.05) is 29.8 Å². The first kappa shape index (κ1) is 29.3. The number of halogens is 3. The van der Waals surface area contributed by atoms with Crippen LogP contribution in [0.1, 0.15) is 42.4 Å². The number of nitrogens with one attached hydrogen (secondary N) is 1. The third-order valence-electron chi connectivity index (χ3n) is 7.74. The molecule has 0 spiro atoms. The normalized spacial score (nSPS) is 18.0. The highest BCUT2D eigenvalue weighted by Crippen LogP contribution is 2.29. The second kappa shape index (κ2) is 12.4. The maximum atomic E-state index is 13.0. The molecule has 0 bridgehead atoms. The van der Waals surface area contributed by atoms with Gasteiger partial charge in [0, 0.05) is 63.4 Å². The molecule has 41 heavy (non-hydrogen) atoms. The zero-order valence-corrected chi connectivity index (χ0v) is 23.8. The SMILES string of the molecule is Cc1ccc(N2CCC(Oc3ccc(S(=O)(=O)NC4CCN(Cc5ccc(C(F)(F)F)cc5)CC4)cn3)CC2)cc1. The molecule has 2 fully saturated rings. The van der Waals surface area contributed by atoms with Crippen molar-refractivity contribution in [1.82, 2.24) is 14.6 Å². The zero-order valence-electron chi connectivity index (χ0n) is 23.0. The smallest absolute Gasteiger partial charge is 0.416 e. The van der Waals surface area contributed by atoms with E-state index in [1.54, 1.807) is 6.07 Å². The van der Waals surface area contributed by atoms with Gasteiger partial charge in [0.15, 0.2) is 0 Å². The largest absolute Gasteiger partial charge is 0.474 e. The maximum Gasteiger partial charge on any atom is 0.416 e. The third-order valence-corrected chi connectivity index (χ3v) is 9.25. The number of alkyl halides is 3. The molecule has 220 valence electrons. The van der Waals surface area contributed by atoms with Crippen LogP contribution in [-0.4, -0.2) is 56.6 Å². The fraction of sp³-hybridized carbons (Fsp3) is 0.433. The van der Waals surface area contributed by atoms with Gasteiger partial charge in [-0.2, -0.15) is 13.2 Å². The number of rotatable bonds is 8. The van der Waals surface area contributed by atoms with Crippen molar-refractivity contribution in [3.8, 4) is 5.88 Å². The Kier molecular flexibility index (Phi) is 8.86. The Hall–Kier alpha value is -3.15. The Bertz CT molecular complexity index is 1380. The first-order valence-electron chi connectivity index (χ1n) is 13.9. The Morgan fingerprint density at radius 1 is 0.902 bits per heavy atom. The van der Waals surface area contributed by atoms with E-state index in [1.807, 2.05) is 0 Å². The van der Waals surface area contributed by atoms with E-state index in [-0.39, 0.29) is 17.0 Å². The fourth-order valence-electron chi connectivity index (χ4n) is 5.31. The summed E-state index contributed by atoms with van der Waals surface area (Å²) in [5.41, 5.74) is 2.57. The van der Waals surface area contributed by atoms with Gasteiger partial charge in [0.1, 0.15) is 11.0 Å². The van der Waals surface area contributed by atoms with Crippen LogP contribution in [0.3, 0.4) is 0 Å². The van der Waals surface area contributed by atoms with Crippen LogP contribution in [0.2, 0.25) is 0 Å². The summed E-state index contributed by atoms with van der Waals surface area (Å²) in [6, 6.07) is 16.6. The van der Waals surface area contributed by atoms with Crippen LogP contribution in [-0.2, 0) is 22.7 Å². The Labute approximate surface area is 239 Å². The minimum atomic E-state index is -4.35. The average Bonchev–Trinajstić information content (AvgIpc) is 2.95. The molecule has 3 aromatic rings. The number of hydrogen-bond donors (Lipinski definition) is 1. The van der Waals surface area contributed by atoms with E-state index >= 15 is 0 Å². The van der Waals surface area contributed by atoms with Crippen LogP contribution in [0, 0.1) is 6.92 Å². The van der Waals surface area contributed by atoms with Crippen molar-refractivity contribution >= 4 is 15.7 Å². The van der Waals surface area contributed by atoms with Crippen LogP contribution in [0.15, 0.2) is 71.8 Å². The van der Waals surface area contributed by atoms with Crippen LogP contribution in [0.5, 0.6) is 5.88 Å². The molecule has 2 saturated heterocycles. The highest BCUT2D eigenvalue weighted by atomic mass is 32.2. The highest BCUT2D eigenvalue weighted by molar-refractivity contribution is 7.89. The van der Waals surface area contributed by atoms with Gasteiger partial charge >= 0.3 is 6.18 Å². The lowest BCUT2D eigenvalue weighted by atomic mass is 10.0. The number of aryl methyl sites for hydroxylation is 1. The summed E-state index contributed by atoms with van der Waals surface area (Å²) in [6.45, 7) is 5.64. The lowest BCUT2D eigenvalue weighted by Gasteiger charge is -2.33. The van der Waals surface area contributed by atoms with E-state index < -0.39 is 21.8 Å². The Morgan fingerprint density at radius 2 is 1.56 bits per heavy atom. The summed E-state index contributed by atoms with van der Waals surface area (Å²) >= 11 is 0. The van der Waals surface area contributed by atoms with E-state index in [4.69, 9.17) is 4.74 Å². The van der Waals surface area contributed by atoms with Gasteiger partial charge in [0.05, 0.1) is 11.8 Å². The first-order chi connectivity index (χ1) is 19.5. The van der Waals surface area contributed by atoms with E-state index in [1.165, 1.54) is 35.6 Å². The van der Waals surface area contributed by atoms with Gasteiger partial charge in [-0.05, 0) is 55.7 Å². The van der Waals surface area contributed by atoms with E-state index in [0.717, 1.165) is 43.6 Å². The molecule has 0 amide bonds. The molecule has 2 aliphatic heterocycles. The van der Waals surface area contributed by atoms with E-state index in [9.17, 15) is 21.6 Å². The minimum Gasteiger partial charge on any atom is -0.474 e. The molecule has 1 N–H and O–H groups in total. The third kappa shape index (κ3) is 7.78. The van der Waals surface area contributed by atoms with Crippen LogP contribution in [0.4, 0.5) is 18.9 Å². The fourth-order valence-corrected chi connectivity index (χ4v) is 6.56.